The van der Waals surface area contributed by atoms with Gasteiger partial charge in [-0.05, 0) is 18.4 Å². The van der Waals surface area contributed by atoms with Gasteiger partial charge in [-0.15, -0.1) is 11.3 Å². The third-order valence-corrected chi connectivity index (χ3v) is 6.58. The molecule has 0 amide bonds. The van der Waals surface area contributed by atoms with Crippen LogP contribution in [0.4, 0.5) is 4.39 Å². The maximum absolute atomic E-state index is 14.3. The lowest BCUT2D eigenvalue weighted by Crippen LogP contribution is -2.30. The molecule has 0 spiro atoms. The van der Waals surface area contributed by atoms with Gasteiger partial charge >= 0.3 is 0 Å². The van der Waals surface area contributed by atoms with Gasteiger partial charge in [0.15, 0.2) is 11.5 Å². The molecule has 8 heteroatoms. The Hall–Kier alpha value is -1.64. The van der Waals surface area contributed by atoms with Crippen molar-refractivity contribution in [2.45, 2.75) is 17.9 Å². The molecule has 1 heterocycles. The first-order chi connectivity index (χ1) is 10.8. The molecule has 0 fully saturated rings. The van der Waals surface area contributed by atoms with E-state index in [4.69, 9.17) is 9.47 Å². The van der Waals surface area contributed by atoms with E-state index in [2.05, 4.69) is 0 Å². The number of rotatable bonds is 6. The highest BCUT2D eigenvalue weighted by molar-refractivity contribution is 7.89. The summed E-state index contributed by atoms with van der Waals surface area (Å²) in [7, 11) is 0.126. The Labute approximate surface area is 139 Å². The van der Waals surface area contributed by atoms with Crippen LogP contribution < -0.4 is 9.47 Å². The zero-order valence-corrected chi connectivity index (χ0v) is 14.9. The minimum absolute atomic E-state index is 0.137. The number of ether oxygens (including phenoxy) is 2. The van der Waals surface area contributed by atoms with Gasteiger partial charge in [0.25, 0.3) is 0 Å². The minimum Gasteiger partial charge on any atom is -0.493 e. The van der Waals surface area contributed by atoms with Crippen molar-refractivity contribution < 1.29 is 22.3 Å². The van der Waals surface area contributed by atoms with Crippen LogP contribution in [0.1, 0.15) is 17.8 Å². The first kappa shape index (κ1) is 17.7. The molecule has 1 aromatic heterocycles. The second-order valence-electron chi connectivity index (χ2n) is 4.85. The summed E-state index contributed by atoms with van der Waals surface area (Å²) in [6.07, 6.45) is 0. The lowest BCUT2D eigenvalue weighted by Gasteiger charge is -2.24. The molecule has 0 aliphatic rings. The van der Waals surface area contributed by atoms with E-state index >= 15 is 0 Å². The van der Waals surface area contributed by atoms with Crippen LogP contribution in [0.15, 0.2) is 34.5 Å². The van der Waals surface area contributed by atoms with Gasteiger partial charge in [0, 0.05) is 24.1 Å². The zero-order chi connectivity index (χ0) is 17.2. The largest absolute Gasteiger partial charge is 0.493 e. The van der Waals surface area contributed by atoms with Crippen LogP contribution in [0.5, 0.6) is 11.5 Å². The van der Waals surface area contributed by atoms with E-state index in [9.17, 15) is 12.8 Å². The van der Waals surface area contributed by atoms with Gasteiger partial charge in [0.05, 0.1) is 20.3 Å². The number of hydrogen-bond donors (Lipinski definition) is 0. The number of hydrogen-bond acceptors (Lipinski definition) is 5. The minimum atomic E-state index is -4.02. The maximum atomic E-state index is 14.3. The van der Waals surface area contributed by atoms with E-state index in [0.29, 0.717) is 0 Å². The van der Waals surface area contributed by atoms with Crippen molar-refractivity contribution in [1.82, 2.24) is 4.31 Å². The lowest BCUT2D eigenvalue weighted by atomic mass is 10.3. The smallest absolute Gasteiger partial charge is 0.246 e. The summed E-state index contributed by atoms with van der Waals surface area (Å²) in [5, 5.41) is 1.86. The van der Waals surface area contributed by atoms with Crippen LogP contribution in [-0.4, -0.2) is 34.0 Å². The highest BCUT2D eigenvalue weighted by Crippen LogP contribution is 2.35. The van der Waals surface area contributed by atoms with Crippen LogP contribution in [0.2, 0.25) is 0 Å². The molecule has 0 aliphatic heterocycles. The monoisotopic (exact) mass is 359 g/mol. The zero-order valence-electron chi connectivity index (χ0n) is 13.2. The SMILES string of the molecule is COc1cc(F)c(S(=O)(=O)N(C)C(C)c2cccs2)cc1OC. The van der Waals surface area contributed by atoms with Gasteiger partial charge in [0.2, 0.25) is 10.0 Å². The molecule has 23 heavy (non-hydrogen) atoms. The maximum Gasteiger partial charge on any atom is 0.246 e. The van der Waals surface area contributed by atoms with Gasteiger partial charge in [-0.3, -0.25) is 0 Å². The molecule has 1 unspecified atom stereocenters. The van der Waals surface area contributed by atoms with Crippen LogP contribution in [0.25, 0.3) is 0 Å². The molecule has 0 saturated heterocycles. The summed E-state index contributed by atoms with van der Waals surface area (Å²) in [5.41, 5.74) is 0. The third kappa shape index (κ3) is 3.34. The van der Waals surface area contributed by atoms with E-state index in [0.717, 1.165) is 21.3 Å². The summed E-state index contributed by atoms with van der Waals surface area (Å²) < 4.78 is 51.0. The second kappa shape index (κ2) is 6.86. The van der Waals surface area contributed by atoms with Crippen LogP contribution in [0.3, 0.4) is 0 Å². The molecule has 1 aromatic carbocycles. The predicted molar refractivity (Wildman–Crippen MR) is 87.2 cm³/mol. The van der Waals surface area contributed by atoms with Crippen molar-refractivity contribution >= 4 is 21.4 Å². The van der Waals surface area contributed by atoms with Crippen molar-refractivity contribution in [3.05, 3.63) is 40.3 Å². The second-order valence-corrected chi connectivity index (χ2v) is 7.80. The fraction of sp³-hybridized carbons (Fsp3) is 0.333. The number of thiophene rings is 1. The Morgan fingerprint density at radius 3 is 2.35 bits per heavy atom. The number of nitrogens with zero attached hydrogens (tertiary/aromatic N) is 1. The highest BCUT2D eigenvalue weighted by Gasteiger charge is 2.30. The normalized spacial score (nSPS) is 13.1. The Kier molecular flexibility index (Phi) is 5.28. The quantitative estimate of drug-likeness (QED) is 0.794. The average Bonchev–Trinajstić information content (AvgIpc) is 3.07. The first-order valence-electron chi connectivity index (χ1n) is 6.76. The molecular weight excluding hydrogens is 341 g/mol. The van der Waals surface area contributed by atoms with E-state index < -0.39 is 26.8 Å². The van der Waals surface area contributed by atoms with Gasteiger partial charge in [-0.1, -0.05) is 6.07 Å². The fourth-order valence-corrected chi connectivity index (χ4v) is 4.40. The van der Waals surface area contributed by atoms with Crippen molar-refractivity contribution in [1.29, 1.82) is 0 Å². The molecule has 2 aromatic rings. The fourth-order valence-electron chi connectivity index (χ4n) is 2.10. The van der Waals surface area contributed by atoms with Crippen molar-refractivity contribution in [3.63, 3.8) is 0 Å². The molecule has 5 nitrogen and oxygen atoms in total. The summed E-state index contributed by atoms with van der Waals surface area (Å²) in [4.78, 5) is 0.429. The molecule has 0 bridgehead atoms. The van der Waals surface area contributed by atoms with Crippen LogP contribution >= 0.6 is 11.3 Å². The van der Waals surface area contributed by atoms with Gasteiger partial charge in [-0.25, -0.2) is 12.8 Å². The Bertz CT molecular complexity index is 775. The molecule has 0 aliphatic carbocycles. The molecule has 1 atom stereocenters. The number of methoxy groups -OCH3 is 2. The van der Waals surface area contributed by atoms with Gasteiger partial charge < -0.3 is 9.47 Å². The highest BCUT2D eigenvalue weighted by atomic mass is 32.2. The average molecular weight is 359 g/mol. The summed E-state index contributed by atoms with van der Waals surface area (Å²) >= 11 is 1.44. The molecule has 126 valence electrons. The van der Waals surface area contributed by atoms with Gasteiger partial charge in [0.1, 0.15) is 10.7 Å². The molecule has 2 rings (SSSR count). The van der Waals surface area contributed by atoms with E-state index in [1.807, 2.05) is 17.5 Å². The van der Waals surface area contributed by atoms with E-state index in [1.54, 1.807) is 6.92 Å². The number of benzene rings is 1. The Morgan fingerprint density at radius 2 is 1.83 bits per heavy atom. The summed E-state index contributed by atoms with van der Waals surface area (Å²) in [5.74, 6) is -0.588. The number of halogens is 1. The third-order valence-electron chi connectivity index (χ3n) is 3.60. The number of sulfonamides is 1. The lowest BCUT2D eigenvalue weighted by molar-refractivity contribution is 0.349. The van der Waals surface area contributed by atoms with Gasteiger partial charge in [-0.2, -0.15) is 4.31 Å². The van der Waals surface area contributed by atoms with Crippen molar-refractivity contribution in [3.8, 4) is 11.5 Å². The van der Waals surface area contributed by atoms with Crippen molar-refractivity contribution in [2.24, 2.45) is 0 Å². The Morgan fingerprint density at radius 1 is 1.22 bits per heavy atom. The molecular formula is C15H18FNO4S2. The summed E-state index contributed by atoms with van der Waals surface area (Å²) in [6.45, 7) is 1.75. The molecule has 0 radical (unpaired) electrons. The standard InChI is InChI=1S/C15H18FNO4S2/c1-10(14-6-5-7-22-14)17(2)23(18,19)15-9-13(21-4)12(20-3)8-11(15)16/h5-10H,1-4H3. The topological polar surface area (TPSA) is 55.8 Å². The van der Waals surface area contributed by atoms with Crippen LogP contribution in [-0.2, 0) is 10.0 Å². The molecule has 0 saturated carbocycles. The van der Waals surface area contributed by atoms with Crippen molar-refractivity contribution in [2.75, 3.05) is 21.3 Å². The molecule has 0 N–H and O–H groups in total. The van der Waals surface area contributed by atoms with Crippen LogP contribution in [0, 0.1) is 5.82 Å². The first-order valence-corrected chi connectivity index (χ1v) is 9.07. The summed E-state index contributed by atoms with van der Waals surface area (Å²) in [6, 6.07) is 5.42. The van der Waals surface area contributed by atoms with E-state index in [1.165, 1.54) is 32.6 Å². The predicted octanol–water partition coefficient (Wildman–Crippen LogP) is 3.29. The Balaban J connectivity index is 2.47. The van der Waals surface area contributed by atoms with E-state index in [-0.39, 0.29) is 11.5 Å².